The van der Waals surface area contributed by atoms with Crippen molar-refractivity contribution < 1.29 is 4.79 Å². The summed E-state index contributed by atoms with van der Waals surface area (Å²) in [6.07, 6.45) is 5.15. The molecule has 0 aliphatic carbocycles. The van der Waals surface area contributed by atoms with Crippen LogP contribution in [0.1, 0.15) is 56.2 Å². The molecule has 0 spiro atoms. The van der Waals surface area contributed by atoms with E-state index in [1.807, 2.05) is 23.4 Å². The van der Waals surface area contributed by atoms with E-state index in [0.29, 0.717) is 11.3 Å². The Bertz CT molecular complexity index is 465. The van der Waals surface area contributed by atoms with Crippen LogP contribution in [0, 0.1) is 18.3 Å². The van der Waals surface area contributed by atoms with E-state index < -0.39 is 0 Å². The molecule has 112 valence electrons. The van der Waals surface area contributed by atoms with Gasteiger partial charge in [-0.1, -0.05) is 20.8 Å². The van der Waals surface area contributed by atoms with Gasteiger partial charge in [-0.05, 0) is 37.5 Å². The Kier molecular flexibility index (Phi) is 4.21. The molecule has 1 saturated heterocycles. The van der Waals surface area contributed by atoms with E-state index in [4.69, 9.17) is 0 Å². The van der Waals surface area contributed by atoms with Crippen LogP contribution in [0.15, 0.2) is 6.33 Å². The minimum atomic E-state index is 0.136. The van der Waals surface area contributed by atoms with Crippen molar-refractivity contribution in [1.82, 2.24) is 14.5 Å². The van der Waals surface area contributed by atoms with Crippen LogP contribution in [0.2, 0.25) is 0 Å². The minimum Gasteiger partial charge on any atom is -0.337 e. The molecule has 4 nitrogen and oxygen atoms in total. The summed E-state index contributed by atoms with van der Waals surface area (Å²) in [5.41, 5.74) is 1.90. The lowest BCUT2D eigenvalue weighted by atomic mass is 9.77. The number of likely N-dealkylation sites (tertiary alicyclic amines) is 1. The van der Waals surface area contributed by atoms with Gasteiger partial charge < -0.3 is 9.47 Å². The Morgan fingerprint density at radius 1 is 1.30 bits per heavy atom. The zero-order chi connectivity index (χ0) is 14.9. The highest BCUT2D eigenvalue weighted by molar-refractivity contribution is 5.93. The van der Waals surface area contributed by atoms with Crippen LogP contribution in [0.3, 0.4) is 0 Å². The van der Waals surface area contributed by atoms with E-state index >= 15 is 0 Å². The smallest absolute Gasteiger partial charge is 0.272 e. The number of carbonyl (C=O) groups is 1. The highest BCUT2D eigenvalue weighted by Crippen LogP contribution is 2.34. The number of hydrogen-bond donors (Lipinski definition) is 0. The van der Waals surface area contributed by atoms with Gasteiger partial charge in [-0.15, -0.1) is 0 Å². The maximum atomic E-state index is 12.7. The van der Waals surface area contributed by atoms with Crippen molar-refractivity contribution in [2.45, 2.75) is 47.0 Å². The Balaban J connectivity index is 2.09. The number of imidazole rings is 1. The molecule has 0 aromatic carbocycles. The monoisotopic (exact) mass is 277 g/mol. The number of rotatable bonds is 1. The normalized spacial score (nSPS) is 20.9. The van der Waals surface area contributed by atoms with Crippen LogP contribution in [0.5, 0.6) is 0 Å². The van der Waals surface area contributed by atoms with Gasteiger partial charge in [0.1, 0.15) is 5.69 Å². The fourth-order valence-electron chi connectivity index (χ4n) is 3.17. The molecule has 1 aliphatic rings. The van der Waals surface area contributed by atoms with Gasteiger partial charge in [0.2, 0.25) is 0 Å². The molecule has 20 heavy (non-hydrogen) atoms. The highest BCUT2D eigenvalue weighted by Gasteiger charge is 2.29. The molecule has 1 aliphatic heterocycles. The van der Waals surface area contributed by atoms with Crippen molar-refractivity contribution in [2.75, 3.05) is 13.1 Å². The first-order valence-electron chi connectivity index (χ1n) is 7.58. The molecule has 2 heterocycles. The van der Waals surface area contributed by atoms with Crippen LogP contribution in [0.25, 0.3) is 0 Å². The van der Waals surface area contributed by atoms with Gasteiger partial charge in [0, 0.05) is 20.1 Å². The number of aromatic nitrogens is 2. The number of amides is 1. The summed E-state index contributed by atoms with van der Waals surface area (Å²) < 4.78 is 1.84. The summed E-state index contributed by atoms with van der Waals surface area (Å²) >= 11 is 0. The van der Waals surface area contributed by atoms with E-state index in [1.165, 1.54) is 6.42 Å². The third kappa shape index (κ3) is 3.05. The third-order valence-electron chi connectivity index (χ3n) is 4.56. The third-order valence-corrected chi connectivity index (χ3v) is 4.56. The molecule has 0 bridgehead atoms. The molecule has 0 N–H and O–H groups in total. The lowest BCUT2D eigenvalue weighted by Crippen LogP contribution is -2.34. The molecule has 0 saturated carbocycles. The van der Waals surface area contributed by atoms with Crippen molar-refractivity contribution in [2.24, 2.45) is 18.4 Å². The average Bonchev–Trinajstić information content (AvgIpc) is 2.58. The Hall–Kier alpha value is -1.32. The minimum absolute atomic E-state index is 0.136. The fraction of sp³-hybridized carbons (Fsp3) is 0.750. The lowest BCUT2D eigenvalue weighted by molar-refractivity contribution is 0.0745. The predicted molar refractivity (Wildman–Crippen MR) is 80.6 cm³/mol. The standard InChI is InChI=1S/C16H27N3O/c1-12-14(18(5)11-17-12)15(20)19-9-6-7-13(8-10-19)16(2,3)4/h11,13H,6-10H2,1-5H3/t13-/m1/s1. The molecule has 0 radical (unpaired) electrons. The maximum absolute atomic E-state index is 12.7. The zero-order valence-corrected chi connectivity index (χ0v) is 13.4. The average molecular weight is 277 g/mol. The van der Waals surface area contributed by atoms with E-state index in [2.05, 4.69) is 25.8 Å². The molecule has 2 rings (SSSR count). The maximum Gasteiger partial charge on any atom is 0.272 e. The van der Waals surface area contributed by atoms with Crippen molar-refractivity contribution in [1.29, 1.82) is 0 Å². The highest BCUT2D eigenvalue weighted by atomic mass is 16.2. The number of aryl methyl sites for hydroxylation is 2. The zero-order valence-electron chi connectivity index (χ0n) is 13.4. The van der Waals surface area contributed by atoms with E-state index in [9.17, 15) is 4.79 Å². The van der Waals surface area contributed by atoms with Gasteiger partial charge >= 0.3 is 0 Å². The molecule has 1 aromatic heterocycles. The summed E-state index contributed by atoms with van der Waals surface area (Å²) in [4.78, 5) is 18.9. The van der Waals surface area contributed by atoms with Gasteiger partial charge in [-0.25, -0.2) is 4.98 Å². The Morgan fingerprint density at radius 2 is 2.00 bits per heavy atom. The van der Waals surface area contributed by atoms with Crippen LogP contribution in [0.4, 0.5) is 0 Å². The molecule has 1 fully saturated rings. The van der Waals surface area contributed by atoms with Gasteiger partial charge in [-0.3, -0.25) is 4.79 Å². The second-order valence-electron chi connectivity index (χ2n) is 7.08. The largest absolute Gasteiger partial charge is 0.337 e. The Labute approximate surface area is 122 Å². The van der Waals surface area contributed by atoms with Crippen LogP contribution >= 0.6 is 0 Å². The SMILES string of the molecule is Cc1ncn(C)c1C(=O)N1CCC[C@@H](C(C)(C)C)CC1. The second kappa shape index (κ2) is 5.58. The molecule has 0 unspecified atom stereocenters. The first-order valence-corrected chi connectivity index (χ1v) is 7.58. The van der Waals surface area contributed by atoms with E-state index in [-0.39, 0.29) is 5.91 Å². The molecule has 4 heteroatoms. The van der Waals surface area contributed by atoms with Crippen molar-refractivity contribution >= 4 is 5.91 Å². The summed E-state index contributed by atoms with van der Waals surface area (Å²) in [7, 11) is 1.89. The topological polar surface area (TPSA) is 38.1 Å². The number of hydrogen-bond acceptors (Lipinski definition) is 2. The van der Waals surface area contributed by atoms with Crippen LogP contribution < -0.4 is 0 Å². The predicted octanol–water partition coefficient (Wildman–Crippen LogP) is 3.02. The van der Waals surface area contributed by atoms with Crippen molar-refractivity contribution in [3.05, 3.63) is 17.7 Å². The van der Waals surface area contributed by atoms with Gasteiger partial charge in [0.25, 0.3) is 5.91 Å². The molecular formula is C16H27N3O. The second-order valence-corrected chi connectivity index (χ2v) is 7.08. The lowest BCUT2D eigenvalue weighted by Gasteiger charge is -2.29. The first-order chi connectivity index (χ1) is 9.30. The van der Waals surface area contributed by atoms with Crippen LogP contribution in [-0.2, 0) is 7.05 Å². The quantitative estimate of drug-likeness (QED) is 0.791. The fourth-order valence-corrected chi connectivity index (χ4v) is 3.17. The van der Waals surface area contributed by atoms with Gasteiger partial charge in [0.05, 0.1) is 12.0 Å². The molecule has 1 amide bonds. The number of carbonyl (C=O) groups excluding carboxylic acids is 1. The Morgan fingerprint density at radius 3 is 2.55 bits per heavy atom. The summed E-state index contributed by atoms with van der Waals surface area (Å²) in [6.45, 7) is 10.6. The molecular weight excluding hydrogens is 250 g/mol. The molecule has 1 aromatic rings. The van der Waals surface area contributed by atoms with Gasteiger partial charge in [-0.2, -0.15) is 0 Å². The summed E-state index contributed by atoms with van der Waals surface area (Å²) in [6, 6.07) is 0. The number of nitrogens with zero attached hydrogens (tertiary/aromatic N) is 3. The summed E-state index contributed by atoms with van der Waals surface area (Å²) in [5, 5.41) is 0. The summed E-state index contributed by atoms with van der Waals surface area (Å²) in [5.74, 6) is 0.838. The first kappa shape index (κ1) is 15.1. The van der Waals surface area contributed by atoms with E-state index in [1.54, 1.807) is 6.33 Å². The van der Waals surface area contributed by atoms with Gasteiger partial charge in [0.15, 0.2) is 0 Å². The molecule has 1 atom stereocenters. The van der Waals surface area contributed by atoms with Crippen LogP contribution in [-0.4, -0.2) is 33.4 Å². The van der Waals surface area contributed by atoms with Crippen molar-refractivity contribution in [3.63, 3.8) is 0 Å². The van der Waals surface area contributed by atoms with Crippen molar-refractivity contribution in [3.8, 4) is 0 Å². The van der Waals surface area contributed by atoms with E-state index in [0.717, 1.165) is 37.3 Å².